The zero-order chi connectivity index (χ0) is 36.6. The number of carboxylic acids is 3. The standard InChI is InChI=1S/3C6H12O2.3C4H11N.CO2/c3*1-6(2,3)4-5(7)8;3*1-4(2,3)5;2-1-3/h3*4H2,1-3H3,(H,7,8);3*5H2,1-3H3;/p-1. The lowest BCUT2D eigenvalue weighted by Crippen LogP contribution is -2.67. The molecule has 0 aliphatic heterocycles. The second-order valence-electron chi connectivity index (χ2n) is 16.7. The highest BCUT2D eigenvalue weighted by Crippen LogP contribution is 2.18. The van der Waals surface area contributed by atoms with Gasteiger partial charge in [0.2, 0.25) is 0 Å². The quantitative estimate of drug-likeness (QED) is 0.365. The topological polar surface area (TPSA) is 231 Å². The van der Waals surface area contributed by atoms with Crippen LogP contribution in [0.15, 0.2) is 0 Å². The number of hydrogen-bond acceptors (Lipinski definition) is 9. The van der Waals surface area contributed by atoms with Crippen molar-refractivity contribution in [2.24, 2.45) is 27.7 Å². The predicted molar refractivity (Wildman–Crippen MR) is 165 cm³/mol. The SMILES string of the molecule is CC(C)(C)CC(=O)O.CC(C)(C)CC(=O)[O-].CC(C)(C)CC(=O)[O-].CC(C)(C)N.CC(C)(C)N.CC(C)(C)[NH3+].O=C=O. The summed E-state index contributed by atoms with van der Waals surface area (Å²) in [5.74, 6) is -2.67. The van der Waals surface area contributed by atoms with Gasteiger partial charge in [-0.3, -0.25) is 4.79 Å². The summed E-state index contributed by atoms with van der Waals surface area (Å²) in [5.41, 5.74) is 14.4. The molecule has 0 amide bonds. The van der Waals surface area contributed by atoms with Crippen LogP contribution in [0.4, 0.5) is 0 Å². The number of rotatable bonds is 3. The van der Waals surface area contributed by atoms with Crippen molar-refractivity contribution in [3.05, 3.63) is 0 Å². The van der Waals surface area contributed by atoms with Crippen molar-refractivity contribution in [3.8, 4) is 0 Å². The fraction of sp³-hybridized carbons (Fsp3) is 0.871. The molecule has 0 saturated carbocycles. The van der Waals surface area contributed by atoms with Crippen LogP contribution in [0.1, 0.15) is 144 Å². The third-order valence-electron chi connectivity index (χ3n) is 2.03. The van der Waals surface area contributed by atoms with Gasteiger partial charge in [-0.25, -0.2) is 0 Å². The molecule has 0 aromatic rings. The number of hydrogen-bond donors (Lipinski definition) is 4. The van der Waals surface area contributed by atoms with Crippen LogP contribution in [0.25, 0.3) is 0 Å². The van der Waals surface area contributed by atoms with Gasteiger partial charge in [-0.05, 0) is 91.4 Å². The molecule has 0 aliphatic carbocycles. The maximum Gasteiger partial charge on any atom is 0.373 e. The molecule has 0 unspecified atom stereocenters. The third kappa shape index (κ3) is 316. The van der Waals surface area contributed by atoms with Crippen molar-refractivity contribution in [2.45, 2.75) is 161 Å². The molecule has 0 atom stereocenters. The summed E-state index contributed by atoms with van der Waals surface area (Å²) in [7, 11) is 0. The summed E-state index contributed by atoms with van der Waals surface area (Å²) in [5, 5.41) is 28.1. The van der Waals surface area contributed by atoms with Gasteiger partial charge in [-0.15, -0.1) is 0 Å². The molecule has 256 valence electrons. The first-order valence-corrected chi connectivity index (χ1v) is 13.7. The number of carboxylic acid groups (broad SMARTS) is 3. The van der Waals surface area contributed by atoms with Crippen LogP contribution >= 0.6 is 0 Å². The van der Waals surface area contributed by atoms with E-state index in [9.17, 15) is 24.6 Å². The lowest BCUT2D eigenvalue weighted by molar-refractivity contribution is -0.458. The zero-order valence-electron chi connectivity index (χ0n) is 30.3. The number of carbonyl (C=O) groups is 3. The molecule has 8 N–H and O–H groups in total. The Labute approximate surface area is 257 Å². The summed E-state index contributed by atoms with van der Waals surface area (Å²) in [6, 6.07) is 0. The molecule has 0 aromatic carbocycles. The van der Waals surface area contributed by atoms with Crippen LogP contribution in [0.2, 0.25) is 0 Å². The van der Waals surface area contributed by atoms with Crippen LogP contribution in [0.5, 0.6) is 0 Å². The molecule has 0 saturated heterocycles. The number of aliphatic carboxylic acids is 3. The van der Waals surface area contributed by atoms with E-state index in [-0.39, 0.29) is 58.3 Å². The lowest BCUT2D eigenvalue weighted by Gasteiger charge is -2.17. The Balaban J connectivity index is -0.0000000695. The minimum absolute atomic E-state index is 0. The summed E-state index contributed by atoms with van der Waals surface area (Å²) in [6.07, 6.45) is 0.757. The first-order valence-electron chi connectivity index (χ1n) is 13.7. The minimum atomic E-state index is -0.975. The summed E-state index contributed by atoms with van der Waals surface area (Å²) >= 11 is 0. The van der Waals surface area contributed by atoms with Gasteiger partial charge in [-0.1, -0.05) is 62.3 Å². The molecule has 0 bridgehead atoms. The van der Waals surface area contributed by atoms with E-state index in [1.165, 1.54) is 0 Å². The summed E-state index contributed by atoms with van der Waals surface area (Å²) < 4.78 is 0. The minimum Gasteiger partial charge on any atom is -0.550 e. The maximum atomic E-state index is 10.0. The van der Waals surface area contributed by atoms with E-state index >= 15 is 0 Å². The molecule has 0 aliphatic rings. The Hall–Kier alpha value is -2.33. The van der Waals surface area contributed by atoms with Gasteiger partial charge in [0.25, 0.3) is 0 Å². The van der Waals surface area contributed by atoms with E-state index in [2.05, 4.69) is 26.5 Å². The molecular formula is C31H68N3O8-. The van der Waals surface area contributed by atoms with Crippen molar-refractivity contribution >= 4 is 24.1 Å². The van der Waals surface area contributed by atoms with Crippen LogP contribution < -0.4 is 27.4 Å². The van der Waals surface area contributed by atoms with E-state index in [4.69, 9.17) is 26.2 Å². The molecule has 0 aromatic heterocycles. The molecule has 0 heterocycles. The second kappa shape index (κ2) is 25.2. The van der Waals surface area contributed by atoms with Crippen molar-refractivity contribution in [3.63, 3.8) is 0 Å². The van der Waals surface area contributed by atoms with E-state index in [0.29, 0.717) is 0 Å². The van der Waals surface area contributed by atoms with Crippen LogP contribution in [0, 0.1) is 16.2 Å². The van der Waals surface area contributed by atoms with E-state index < -0.39 is 17.9 Å². The van der Waals surface area contributed by atoms with Gasteiger partial charge in [-0.2, -0.15) is 9.59 Å². The van der Waals surface area contributed by atoms with Crippen LogP contribution in [-0.2, 0) is 24.0 Å². The van der Waals surface area contributed by atoms with E-state index in [0.717, 1.165) is 0 Å². The maximum absolute atomic E-state index is 10.0. The van der Waals surface area contributed by atoms with Crippen LogP contribution in [0.3, 0.4) is 0 Å². The average molecular weight is 611 g/mol. The van der Waals surface area contributed by atoms with Gasteiger partial charge >= 0.3 is 12.1 Å². The molecule has 0 spiro atoms. The second-order valence-corrected chi connectivity index (χ2v) is 16.7. The molecule has 0 radical (unpaired) electrons. The van der Waals surface area contributed by atoms with Crippen molar-refractivity contribution in [2.75, 3.05) is 0 Å². The molecular weight excluding hydrogens is 542 g/mol. The normalized spacial score (nSPS) is 11.0. The predicted octanol–water partition coefficient (Wildman–Crippen LogP) is 2.78. The van der Waals surface area contributed by atoms with Gasteiger partial charge < -0.3 is 42.1 Å². The first-order chi connectivity index (χ1) is 17.7. The van der Waals surface area contributed by atoms with E-state index in [1.54, 1.807) is 0 Å². The van der Waals surface area contributed by atoms with Crippen molar-refractivity contribution in [1.29, 1.82) is 0 Å². The highest BCUT2D eigenvalue weighted by molar-refractivity contribution is 5.67. The summed E-state index contributed by atoms with van der Waals surface area (Å²) in [6.45, 7) is 34.9. The Morgan fingerprint density at radius 1 is 0.571 bits per heavy atom. The van der Waals surface area contributed by atoms with Gasteiger partial charge in [0, 0.05) is 23.0 Å². The first kappa shape index (κ1) is 55.6. The Morgan fingerprint density at radius 3 is 0.690 bits per heavy atom. The lowest BCUT2D eigenvalue weighted by atomic mass is 9.93. The Kier molecular flexibility index (Phi) is 33.3. The summed E-state index contributed by atoms with van der Waals surface area (Å²) in [4.78, 5) is 46.1. The fourth-order valence-electron chi connectivity index (χ4n) is 1.32. The third-order valence-corrected chi connectivity index (χ3v) is 2.03. The van der Waals surface area contributed by atoms with Crippen LogP contribution in [-0.4, -0.2) is 45.8 Å². The van der Waals surface area contributed by atoms with Gasteiger partial charge in [0.05, 0.1) is 12.0 Å². The molecule has 11 heteroatoms. The molecule has 11 nitrogen and oxygen atoms in total. The van der Waals surface area contributed by atoms with Gasteiger partial charge in [0.15, 0.2) is 0 Å². The number of quaternary nitrogens is 1. The number of nitrogens with two attached hydrogens (primary N) is 2. The Morgan fingerprint density at radius 2 is 0.690 bits per heavy atom. The zero-order valence-corrected chi connectivity index (χ0v) is 30.3. The van der Waals surface area contributed by atoms with Crippen molar-refractivity contribution < 1.29 is 45.0 Å². The van der Waals surface area contributed by atoms with Gasteiger partial charge in [0.1, 0.15) is 0 Å². The Bertz CT molecular complexity index is 610. The van der Waals surface area contributed by atoms with E-state index in [1.807, 2.05) is 104 Å². The smallest absolute Gasteiger partial charge is 0.373 e. The number of carbonyl (C=O) groups excluding carboxylic acids is 4. The monoisotopic (exact) mass is 611 g/mol. The molecule has 0 rings (SSSR count). The highest BCUT2D eigenvalue weighted by atomic mass is 16.4. The molecule has 42 heavy (non-hydrogen) atoms. The average Bonchev–Trinajstić information content (AvgIpc) is 2.43. The highest BCUT2D eigenvalue weighted by Gasteiger charge is 2.14. The van der Waals surface area contributed by atoms with Crippen molar-refractivity contribution in [1.82, 2.24) is 0 Å². The molecule has 0 fully saturated rings. The fourth-order valence-corrected chi connectivity index (χ4v) is 1.32. The largest absolute Gasteiger partial charge is 0.550 e.